The number of hydrogen-bond acceptors (Lipinski definition) is 1. The number of fused-ring (bicyclic) bond motifs is 9. The van der Waals surface area contributed by atoms with Gasteiger partial charge in [-0.15, -0.1) is 0 Å². The first-order valence-electron chi connectivity index (χ1n) is 19.4. The first-order valence-corrected chi connectivity index (χ1v) is 19.4. The summed E-state index contributed by atoms with van der Waals surface area (Å²) in [6.07, 6.45) is 0. The van der Waals surface area contributed by atoms with Crippen LogP contribution in [0.4, 0.5) is 17.1 Å². The Morgan fingerprint density at radius 3 is 1.60 bits per heavy atom. The lowest BCUT2D eigenvalue weighted by Crippen LogP contribution is -2.23. The summed E-state index contributed by atoms with van der Waals surface area (Å²) < 4.78 is 0. The van der Waals surface area contributed by atoms with Crippen LogP contribution in [-0.4, -0.2) is 0 Å². The summed E-state index contributed by atoms with van der Waals surface area (Å²) in [6.45, 7) is 4.82. The fourth-order valence-electron chi connectivity index (χ4n) is 10.1. The maximum absolute atomic E-state index is 2.57. The average molecular weight is 702 g/mol. The summed E-state index contributed by atoms with van der Waals surface area (Å²) in [6, 6.07) is 74.5. The molecule has 1 heteroatoms. The molecule has 0 heterocycles. The minimum Gasteiger partial charge on any atom is -0.309 e. The lowest BCUT2D eigenvalue weighted by molar-refractivity contribution is 0.713. The van der Waals surface area contributed by atoms with Gasteiger partial charge in [0, 0.05) is 27.5 Å². The Balaban J connectivity index is 1.24. The first kappa shape index (κ1) is 31.8. The van der Waals surface area contributed by atoms with Gasteiger partial charge in [0.05, 0.1) is 11.4 Å². The topological polar surface area (TPSA) is 3.24 Å². The van der Waals surface area contributed by atoms with Gasteiger partial charge in [-0.2, -0.15) is 0 Å². The number of hydrogen-bond donors (Lipinski definition) is 0. The molecule has 2 aliphatic carbocycles. The highest BCUT2D eigenvalue weighted by Gasteiger charge is 2.44. The van der Waals surface area contributed by atoms with Crippen LogP contribution in [0.5, 0.6) is 0 Å². The molecule has 0 bridgehead atoms. The smallest absolute Gasteiger partial charge is 0.0546 e. The van der Waals surface area contributed by atoms with E-state index < -0.39 is 0 Å². The normalized spacial score (nSPS) is 17.8. The second-order valence-corrected chi connectivity index (χ2v) is 15.5. The molecule has 55 heavy (non-hydrogen) atoms. The Bertz CT molecular complexity index is 2960. The van der Waals surface area contributed by atoms with Crippen molar-refractivity contribution in [1.82, 2.24) is 0 Å². The minimum atomic E-state index is -0.322. The zero-order valence-electron chi connectivity index (χ0n) is 31.0. The molecular weight excluding hydrogens is 663 g/mol. The van der Waals surface area contributed by atoms with E-state index >= 15 is 0 Å². The molecule has 0 amide bonds. The Labute approximate surface area is 322 Å². The highest BCUT2D eigenvalue weighted by molar-refractivity contribution is 6.15. The molecule has 0 saturated heterocycles. The van der Waals surface area contributed by atoms with Gasteiger partial charge in [-0.25, -0.2) is 0 Å². The molecule has 1 nitrogen and oxygen atoms in total. The Morgan fingerprint density at radius 1 is 0.345 bits per heavy atom. The molecular formula is C54H39N. The Kier molecular flexibility index (Phi) is 6.88. The number of nitrogens with zero attached hydrogens (tertiary/aromatic N) is 1. The van der Waals surface area contributed by atoms with Crippen LogP contribution in [0.25, 0.3) is 43.8 Å². The molecule has 0 spiro atoms. The van der Waals surface area contributed by atoms with Gasteiger partial charge in [0.25, 0.3) is 0 Å². The molecule has 260 valence electrons. The van der Waals surface area contributed by atoms with Gasteiger partial charge in [-0.05, 0) is 104 Å². The quantitative estimate of drug-likeness (QED) is 0.162. The molecule has 2 atom stereocenters. The largest absolute Gasteiger partial charge is 0.309 e. The van der Waals surface area contributed by atoms with E-state index in [1.807, 2.05) is 0 Å². The molecule has 0 aliphatic heterocycles. The van der Waals surface area contributed by atoms with Crippen LogP contribution in [0.3, 0.4) is 0 Å². The maximum Gasteiger partial charge on any atom is 0.0546 e. The van der Waals surface area contributed by atoms with Gasteiger partial charge in [-0.3, -0.25) is 0 Å². The van der Waals surface area contributed by atoms with Gasteiger partial charge in [0.1, 0.15) is 0 Å². The van der Waals surface area contributed by atoms with E-state index in [4.69, 9.17) is 0 Å². The SMILES string of the molecule is CC1(c2ccccc2)c2ccccc2-c2ccc(N(c3cccc4c3-c3ccccc3C4(C)c3ccccc3)c3cc4ccccc4c4ccccc34)cc21. The van der Waals surface area contributed by atoms with Gasteiger partial charge in [-0.1, -0.05) is 176 Å². The van der Waals surface area contributed by atoms with Crippen molar-refractivity contribution >= 4 is 38.6 Å². The van der Waals surface area contributed by atoms with E-state index in [1.165, 1.54) is 88.6 Å². The van der Waals surface area contributed by atoms with Crippen LogP contribution in [-0.2, 0) is 10.8 Å². The molecule has 2 unspecified atom stereocenters. The molecule has 0 saturated carbocycles. The second kappa shape index (κ2) is 11.9. The molecule has 0 N–H and O–H groups in total. The maximum atomic E-state index is 2.57. The summed E-state index contributed by atoms with van der Waals surface area (Å²) >= 11 is 0. The highest BCUT2D eigenvalue weighted by Crippen LogP contribution is 2.59. The van der Waals surface area contributed by atoms with Gasteiger partial charge < -0.3 is 4.90 Å². The molecule has 9 aromatic rings. The van der Waals surface area contributed by atoms with Crippen molar-refractivity contribution in [1.29, 1.82) is 0 Å². The fraction of sp³-hybridized carbons (Fsp3) is 0.0741. The number of anilines is 3. The van der Waals surface area contributed by atoms with Gasteiger partial charge >= 0.3 is 0 Å². The summed E-state index contributed by atoms with van der Waals surface area (Å²) in [5, 5.41) is 4.98. The van der Waals surface area contributed by atoms with E-state index in [1.54, 1.807) is 0 Å². The minimum absolute atomic E-state index is 0.314. The number of benzene rings is 9. The van der Waals surface area contributed by atoms with Gasteiger partial charge in [0.2, 0.25) is 0 Å². The van der Waals surface area contributed by atoms with Crippen molar-refractivity contribution in [2.45, 2.75) is 24.7 Å². The predicted octanol–water partition coefficient (Wildman–Crippen LogP) is 14.1. The Morgan fingerprint density at radius 2 is 0.873 bits per heavy atom. The third-order valence-corrected chi connectivity index (χ3v) is 12.8. The summed E-state index contributed by atoms with van der Waals surface area (Å²) in [5.41, 5.74) is 16.0. The Hall–Kier alpha value is -6.70. The van der Waals surface area contributed by atoms with Crippen molar-refractivity contribution in [3.8, 4) is 22.3 Å². The van der Waals surface area contributed by atoms with Crippen LogP contribution in [0.15, 0.2) is 200 Å². The molecule has 0 aromatic heterocycles. The highest BCUT2D eigenvalue weighted by atomic mass is 15.1. The van der Waals surface area contributed by atoms with E-state index in [0.29, 0.717) is 0 Å². The summed E-state index contributed by atoms with van der Waals surface area (Å²) in [5.74, 6) is 0. The van der Waals surface area contributed by atoms with Crippen molar-refractivity contribution < 1.29 is 0 Å². The zero-order valence-corrected chi connectivity index (χ0v) is 31.0. The average Bonchev–Trinajstić information content (AvgIpc) is 3.68. The standard InChI is InChI=1S/C54H39N/c1-53(37-19-5-3-6-20-37)47-29-16-14-27-45(47)52-48(53)30-17-31-50(52)55(51-34-36-18-9-10-23-40(36)41-24-11-12-26-44(41)51)39-32-33-43-42-25-13-15-28-46(42)54(2,49(43)35-39)38-21-7-4-8-22-38/h3-35H,1-2H3. The third kappa shape index (κ3) is 4.41. The van der Waals surface area contributed by atoms with Crippen LogP contribution in [0.1, 0.15) is 47.2 Å². The van der Waals surface area contributed by atoms with Gasteiger partial charge in [0.15, 0.2) is 0 Å². The van der Waals surface area contributed by atoms with E-state index in [0.717, 1.165) is 5.69 Å². The molecule has 2 aliphatic rings. The van der Waals surface area contributed by atoms with E-state index in [9.17, 15) is 0 Å². The van der Waals surface area contributed by atoms with Crippen LogP contribution < -0.4 is 4.90 Å². The second-order valence-electron chi connectivity index (χ2n) is 15.5. The molecule has 11 rings (SSSR count). The zero-order chi connectivity index (χ0) is 36.7. The molecule has 9 aromatic carbocycles. The third-order valence-electron chi connectivity index (χ3n) is 12.8. The lowest BCUT2D eigenvalue weighted by atomic mass is 9.74. The predicted molar refractivity (Wildman–Crippen MR) is 231 cm³/mol. The number of rotatable bonds is 5. The first-order chi connectivity index (χ1) is 27.1. The van der Waals surface area contributed by atoms with Crippen molar-refractivity contribution in [2.75, 3.05) is 4.90 Å². The molecule has 0 radical (unpaired) electrons. The fourth-order valence-corrected chi connectivity index (χ4v) is 10.1. The van der Waals surface area contributed by atoms with E-state index in [2.05, 4.69) is 219 Å². The summed E-state index contributed by atoms with van der Waals surface area (Å²) in [7, 11) is 0. The van der Waals surface area contributed by atoms with Crippen LogP contribution in [0, 0.1) is 0 Å². The van der Waals surface area contributed by atoms with Crippen LogP contribution in [0.2, 0.25) is 0 Å². The van der Waals surface area contributed by atoms with Crippen molar-refractivity contribution in [3.05, 3.63) is 234 Å². The molecule has 0 fully saturated rings. The summed E-state index contributed by atoms with van der Waals surface area (Å²) in [4.78, 5) is 2.57. The van der Waals surface area contributed by atoms with E-state index in [-0.39, 0.29) is 10.8 Å². The van der Waals surface area contributed by atoms with Crippen molar-refractivity contribution in [3.63, 3.8) is 0 Å². The van der Waals surface area contributed by atoms with Crippen molar-refractivity contribution in [2.24, 2.45) is 0 Å². The van der Waals surface area contributed by atoms with Crippen LogP contribution >= 0.6 is 0 Å². The monoisotopic (exact) mass is 701 g/mol. The lowest BCUT2D eigenvalue weighted by Gasteiger charge is -2.33.